The number of nitrogens with zero attached hydrogens (tertiary/aromatic N) is 4. The molecule has 0 radical (unpaired) electrons. The van der Waals surface area contributed by atoms with Crippen molar-refractivity contribution < 1.29 is 28.4 Å². The molecule has 0 bridgehead atoms. The predicted molar refractivity (Wildman–Crippen MR) is 115 cm³/mol. The van der Waals surface area contributed by atoms with Crippen molar-refractivity contribution in [1.29, 1.82) is 21.0 Å². The zero-order chi connectivity index (χ0) is 24.2. The highest BCUT2D eigenvalue weighted by Crippen LogP contribution is 2.32. The average molecular weight is 460 g/mol. The molecule has 172 valence electrons. The van der Waals surface area contributed by atoms with Gasteiger partial charge in [-0.3, -0.25) is 0 Å². The molecule has 0 saturated heterocycles. The summed E-state index contributed by atoms with van der Waals surface area (Å²) in [6, 6.07) is 13.7. The van der Waals surface area contributed by atoms with Crippen LogP contribution in [0.2, 0.25) is 0 Å². The number of benzene rings is 2. The van der Waals surface area contributed by atoms with E-state index in [2.05, 4.69) is 0 Å². The van der Waals surface area contributed by atoms with Crippen LogP contribution in [0.1, 0.15) is 22.3 Å². The third-order valence-electron chi connectivity index (χ3n) is 4.59. The predicted octanol–water partition coefficient (Wildman–Crippen LogP) is 2.44. The van der Waals surface area contributed by atoms with Crippen LogP contribution < -0.4 is 18.9 Å². The minimum Gasteiger partial charge on any atom is -0.487 e. The summed E-state index contributed by atoms with van der Waals surface area (Å²) in [7, 11) is 0. The maximum atomic E-state index is 9.27. The monoisotopic (exact) mass is 460 g/mol. The van der Waals surface area contributed by atoms with Gasteiger partial charge in [-0.15, -0.1) is 0 Å². The summed E-state index contributed by atoms with van der Waals surface area (Å²) in [5.74, 6) is 1.30. The van der Waals surface area contributed by atoms with Crippen molar-refractivity contribution in [1.82, 2.24) is 0 Å². The average Bonchev–Trinajstić information content (AvgIpc) is 2.87. The lowest BCUT2D eigenvalue weighted by molar-refractivity contribution is 0.0640. The van der Waals surface area contributed by atoms with Gasteiger partial charge in [-0.1, -0.05) is 0 Å². The Hall–Kier alpha value is -4.48. The fourth-order valence-corrected chi connectivity index (χ4v) is 2.99. The van der Waals surface area contributed by atoms with E-state index in [1.54, 1.807) is 0 Å². The normalized spacial score (nSPS) is 14.7. The van der Waals surface area contributed by atoms with Gasteiger partial charge in [-0.05, 0) is 0 Å². The van der Waals surface area contributed by atoms with Crippen LogP contribution >= 0.6 is 0 Å². The molecule has 0 saturated carbocycles. The summed E-state index contributed by atoms with van der Waals surface area (Å²) in [5, 5.41) is 37.1. The lowest BCUT2D eigenvalue weighted by atomic mass is 10.1. The molecule has 0 aliphatic carbocycles. The Morgan fingerprint density at radius 2 is 0.647 bits per heavy atom. The molecule has 10 heteroatoms. The van der Waals surface area contributed by atoms with Crippen molar-refractivity contribution in [2.24, 2.45) is 0 Å². The number of ether oxygens (including phenoxy) is 6. The van der Waals surface area contributed by atoms with E-state index >= 15 is 0 Å². The first-order valence-corrected chi connectivity index (χ1v) is 10.3. The maximum Gasteiger partial charge on any atom is 0.162 e. The Labute approximate surface area is 196 Å². The van der Waals surface area contributed by atoms with Crippen LogP contribution in [0.4, 0.5) is 0 Å². The van der Waals surface area contributed by atoms with E-state index in [1.165, 1.54) is 24.3 Å². The van der Waals surface area contributed by atoms with Gasteiger partial charge in [0.25, 0.3) is 0 Å². The highest BCUT2D eigenvalue weighted by Gasteiger charge is 2.14. The van der Waals surface area contributed by atoms with E-state index in [0.717, 1.165) is 0 Å². The second-order valence-electron chi connectivity index (χ2n) is 6.75. The molecule has 3 rings (SSSR count). The fraction of sp³-hybridized carbons (Fsp3) is 0.333. The van der Waals surface area contributed by atoms with Crippen molar-refractivity contribution >= 4 is 0 Å². The van der Waals surface area contributed by atoms with Crippen LogP contribution in [-0.4, -0.2) is 52.9 Å². The number of hydrogen-bond donors (Lipinski definition) is 0. The first-order valence-electron chi connectivity index (χ1n) is 10.3. The van der Waals surface area contributed by atoms with Crippen molar-refractivity contribution in [3.05, 3.63) is 46.5 Å². The molecule has 0 amide bonds. The van der Waals surface area contributed by atoms with E-state index in [1.807, 2.05) is 24.3 Å². The quantitative estimate of drug-likeness (QED) is 0.573. The Morgan fingerprint density at radius 1 is 0.412 bits per heavy atom. The maximum absolute atomic E-state index is 9.27. The Bertz CT molecular complexity index is 1000. The van der Waals surface area contributed by atoms with Crippen molar-refractivity contribution in [2.45, 2.75) is 0 Å². The summed E-state index contributed by atoms with van der Waals surface area (Å²) in [6.07, 6.45) is 0. The number of rotatable bonds is 0. The molecule has 0 fully saturated rings. The Kier molecular flexibility index (Phi) is 8.91. The van der Waals surface area contributed by atoms with E-state index in [9.17, 15) is 21.0 Å². The Balaban J connectivity index is 1.71. The van der Waals surface area contributed by atoms with Crippen molar-refractivity contribution in [2.75, 3.05) is 52.9 Å². The van der Waals surface area contributed by atoms with Crippen molar-refractivity contribution in [3.8, 4) is 47.3 Å². The van der Waals surface area contributed by atoms with E-state index in [0.29, 0.717) is 23.0 Å². The molecular formula is C24H20N4O6. The Morgan fingerprint density at radius 3 is 0.853 bits per heavy atom. The number of nitriles is 4. The van der Waals surface area contributed by atoms with Crippen LogP contribution in [0.15, 0.2) is 24.3 Å². The largest absolute Gasteiger partial charge is 0.487 e. The molecule has 0 N–H and O–H groups in total. The fourth-order valence-electron chi connectivity index (χ4n) is 2.99. The van der Waals surface area contributed by atoms with Crippen LogP contribution in [0.5, 0.6) is 23.0 Å². The molecule has 1 heterocycles. The molecule has 0 aromatic heterocycles. The molecule has 2 aromatic rings. The highest BCUT2D eigenvalue weighted by atomic mass is 16.6. The van der Waals surface area contributed by atoms with Crippen LogP contribution in [0.25, 0.3) is 0 Å². The third kappa shape index (κ3) is 6.28. The highest BCUT2D eigenvalue weighted by molar-refractivity contribution is 5.57. The summed E-state index contributed by atoms with van der Waals surface area (Å²) >= 11 is 0. The molecule has 0 spiro atoms. The molecule has 2 aromatic carbocycles. The minimum absolute atomic E-state index is 0.174. The van der Waals surface area contributed by atoms with E-state index in [-0.39, 0.29) is 75.1 Å². The van der Waals surface area contributed by atoms with Gasteiger partial charge in [0.15, 0.2) is 23.0 Å². The van der Waals surface area contributed by atoms with Crippen LogP contribution in [0.3, 0.4) is 0 Å². The second kappa shape index (κ2) is 12.5. The van der Waals surface area contributed by atoms with Gasteiger partial charge in [0.1, 0.15) is 50.7 Å². The number of fused-ring (bicyclic) bond motifs is 2. The van der Waals surface area contributed by atoms with Gasteiger partial charge in [0, 0.05) is 24.3 Å². The standard InChI is InChI=1S/C24H20N4O6/c25-13-17-9-21-22(10-18(17)14-26)33-7-3-30-4-8-34-24-12-20(16-28)19(15-27)11-23(24)32-6-2-29-1-5-31-21/h9-12H,1-8H2. The molecule has 0 unspecified atom stereocenters. The minimum atomic E-state index is 0.174. The lowest BCUT2D eigenvalue weighted by Crippen LogP contribution is -2.15. The summed E-state index contributed by atoms with van der Waals surface area (Å²) < 4.78 is 33.9. The van der Waals surface area contributed by atoms with Gasteiger partial charge >= 0.3 is 0 Å². The third-order valence-corrected chi connectivity index (χ3v) is 4.59. The molecule has 10 nitrogen and oxygen atoms in total. The summed E-state index contributed by atoms with van der Waals surface area (Å²) in [6.45, 7) is 1.62. The smallest absolute Gasteiger partial charge is 0.162 e. The SMILES string of the molecule is N#Cc1cc2c(cc1C#N)OCCOCCOc1cc(C#N)c(C#N)cc1OCCOCCO2. The lowest BCUT2D eigenvalue weighted by Gasteiger charge is -2.16. The first-order chi connectivity index (χ1) is 16.7. The molecule has 0 atom stereocenters. The van der Waals surface area contributed by atoms with E-state index < -0.39 is 0 Å². The van der Waals surface area contributed by atoms with Crippen molar-refractivity contribution in [3.63, 3.8) is 0 Å². The van der Waals surface area contributed by atoms with Gasteiger partial charge in [-0.25, -0.2) is 0 Å². The topological polar surface area (TPSA) is 151 Å². The second-order valence-corrected chi connectivity index (χ2v) is 6.75. The van der Waals surface area contributed by atoms with Crippen LogP contribution in [0, 0.1) is 45.3 Å². The zero-order valence-corrected chi connectivity index (χ0v) is 18.2. The van der Waals surface area contributed by atoms with Gasteiger partial charge in [0.05, 0.1) is 48.7 Å². The van der Waals surface area contributed by atoms with Gasteiger partial charge in [-0.2, -0.15) is 21.0 Å². The number of hydrogen-bond acceptors (Lipinski definition) is 10. The molecule has 34 heavy (non-hydrogen) atoms. The molecular weight excluding hydrogens is 440 g/mol. The van der Waals surface area contributed by atoms with Gasteiger partial charge in [0.2, 0.25) is 0 Å². The summed E-state index contributed by atoms with van der Waals surface area (Å²) in [4.78, 5) is 0. The molecule has 1 aliphatic heterocycles. The molecule has 1 aliphatic rings. The summed E-state index contributed by atoms with van der Waals surface area (Å²) in [5.41, 5.74) is 0.740. The van der Waals surface area contributed by atoms with E-state index in [4.69, 9.17) is 28.4 Å². The zero-order valence-electron chi connectivity index (χ0n) is 18.2. The first kappa shape index (κ1) is 24.2. The van der Waals surface area contributed by atoms with Gasteiger partial charge < -0.3 is 28.4 Å². The van der Waals surface area contributed by atoms with Crippen LogP contribution in [-0.2, 0) is 9.47 Å².